The molecule has 0 bridgehead atoms. The quantitative estimate of drug-likeness (QED) is 0.854. The number of fused-ring (bicyclic) bond motifs is 1. The fourth-order valence-corrected chi connectivity index (χ4v) is 3.01. The van der Waals surface area contributed by atoms with Gasteiger partial charge in [-0.1, -0.05) is 30.3 Å². The first-order valence-corrected chi connectivity index (χ1v) is 7.32. The highest BCUT2D eigenvalue weighted by atomic mass is 19.1. The van der Waals surface area contributed by atoms with Gasteiger partial charge in [0.25, 0.3) is 0 Å². The zero-order chi connectivity index (χ0) is 13.9. The van der Waals surface area contributed by atoms with Crippen LogP contribution in [-0.2, 0) is 6.42 Å². The molecular weight excluding hydrogens is 249 g/mol. The number of anilines is 1. The number of hydrogen-bond donors (Lipinski definition) is 1. The first-order chi connectivity index (χ1) is 9.74. The van der Waals surface area contributed by atoms with E-state index in [1.54, 1.807) is 13.0 Å². The maximum Gasteiger partial charge on any atom is 0.128 e. The lowest BCUT2D eigenvalue weighted by Crippen LogP contribution is -2.18. The molecule has 1 N–H and O–H groups in total. The fraction of sp³-hybridized carbons (Fsp3) is 0.333. The normalized spacial score (nSPS) is 17.6. The van der Waals surface area contributed by atoms with E-state index in [9.17, 15) is 4.39 Å². The molecule has 1 unspecified atom stereocenters. The monoisotopic (exact) mass is 269 g/mol. The van der Waals surface area contributed by atoms with Crippen LogP contribution in [0.15, 0.2) is 42.5 Å². The third-order valence-corrected chi connectivity index (χ3v) is 4.22. The highest BCUT2D eigenvalue weighted by Crippen LogP contribution is 2.31. The second-order valence-corrected chi connectivity index (χ2v) is 5.63. The van der Waals surface area contributed by atoms with Crippen molar-refractivity contribution in [3.63, 3.8) is 0 Å². The summed E-state index contributed by atoms with van der Waals surface area (Å²) in [4.78, 5) is 0. The molecule has 1 atom stereocenters. The highest BCUT2D eigenvalue weighted by molar-refractivity contribution is 5.46. The van der Waals surface area contributed by atoms with Crippen molar-refractivity contribution in [2.24, 2.45) is 0 Å². The molecule has 1 nitrogen and oxygen atoms in total. The minimum absolute atomic E-state index is 0.140. The first-order valence-electron chi connectivity index (χ1n) is 7.32. The summed E-state index contributed by atoms with van der Waals surface area (Å²) in [5.41, 5.74) is 4.49. The number of aryl methyl sites for hydroxylation is 2. The number of rotatable bonds is 3. The van der Waals surface area contributed by atoms with Gasteiger partial charge in [-0.25, -0.2) is 4.39 Å². The van der Waals surface area contributed by atoms with E-state index >= 15 is 0 Å². The van der Waals surface area contributed by atoms with Gasteiger partial charge in [0, 0.05) is 18.2 Å². The smallest absolute Gasteiger partial charge is 0.128 e. The third kappa shape index (κ3) is 2.69. The summed E-state index contributed by atoms with van der Waals surface area (Å²) in [6, 6.07) is 14.1. The maximum absolute atomic E-state index is 13.5. The van der Waals surface area contributed by atoms with Gasteiger partial charge in [-0.2, -0.15) is 0 Å². The molecule has 0 aromatic heterocycles. The fourth-order valence-electron chi connectivity index (χ4n) is 3.01. The van der Waals surface area contributed by atoms with E-state index in [1.165, 1.54) is 30.4 Å². The summed E-state index contributed by atoms with van der Waals surface area (Å²) in [5.74, 6) is 0.392. The lowest BCUT2D eigenvalue weighted by atomic mass is 9.83. The Morgan fingerprint density at radius 1 is 1.20 bits per heavy atom. The number of nitrogens with one attached hydrogen (secondary N) is 1. The molecule has 0 saturated heterocycles. The van der Waals surface area contributed by atoms with Crippen molar-refractivity contribution in [1.29, 1.82) is 0 Å². The Kier molecular flexibility index (Phi) is 3.72. The molecule has 0 spiro atoms. The van der Waals surface area contributed by atoms with Gasteiger partial charge in [0.1, 0.15) is 5.82 Å². The second-order valence-electron chi connectivity index (χ2n) is 5.63. The Balaban J connectivity index is 1.71. The van der Waals surface area contributed by atoms with Crippen LogP contribution in [0, 0.1) is 12.7 Å². The van der Waals surface area contributed by atoms with Crippen LogP contribution >= 0.6 is 0 Å². The van der Waals surface area contributed by atoms with E-state index in [0.29, 0.717) is 11.5 Å². The number of benzene rings is 2. The summed E-state index contributed by atoms with van der Waals surface area (Å²) in [5, 5.41) is 3.38. The van der Waals surface area contributed by atoms with E-state index in [4.69, 9.17) is 0 Å². The van der Waals surface area contributed by atoms with Crippen LogP contribution in [0.1, 0.15) is 35.4 Å². The molecule has 0 radical (unpaired) electrons. The van der Waals surface area contributed by atoms with Crippen LogP contribution in [0.5, 0.6) is 0 Å². The molecule has 0 aliphatic heterocycles. The zero-order valence-corrected chi connectivity index (χ0v) is 11.8. The predicted molar refractivity (Wildman–Crippen MR) is 81.7 cm³/mol. The average molecular weight is 269 g/mol. The molecule has 2 aromatic carbocycles. The third-order valence-electron chi connectivity index (χ3n) is 4.22. The summed E-state index contributed by atoms with van der Waals surface area (Å²) < 4.78 is 13.5. The van der Waals surface area contributed by atoms with Gasteiger partial charge in [0.05, 0.1) is 0 Å². The Hall–Kier alpha value is -1.83. The van der Waals surface area contributed by atoms with Gasteiger partial charge in [-0.15, -0.1) is 0 Å². The zero-order valence-electron chi connectivity index (χ0n) is 11.8. The lowest BCUT2D eigenvalue weighted by Gasteiger charge is -2.26. The van der Waals surface area contributed by atoms with Crippen molar-refractivity contribution in [1.82, 2.24) is 0 Å². The van der Waals surface area contributed by atoms with Crippen molar-refractivity contribution in [3.05, 3.63) is 65.0 Å². The molecule has 2 aromatic rings. The standard InChI is InChI=1S/C18H20FN/c1-13-9-10-16(11-18(13)19)20-12-15-7-4-6-14-5-2-3-8-17(14)15/h2-3,5,8-11,15,20H,4,6-7,12H2,1H3. The molecular formula is C18H20FN. The summed E-state index contributed by atoms with van der Waals surface area (Å²) >= 11 is 0. The molecule has 0 heterocycles. The number of halogens is 1. The lowest BCUT2D eigenvalue weighted by molar-refractivity contribution is 0.571. The largest absolute Gasteiger partial charge is 0.384 e. The summed E-state index contributed by atoms with van der Waals surface area (Å²) in [6.07, 6.45) is 3.63. The SMILES string of the molecule is Cc1ccc(NCC2CCCc3ccccc32)cc1F. The van der Waals surface area contributed by atoms with Crippen molar-refractivity contribution < 1.29 is 4.39 Å². The predicted octanol–water partition coefficient (Wildman–Crippen LogP) is 4.67. The minimum Gasteiger partial charge on any atom is -0.384 e. The summed E-state index contributed by atoms with van der Waals surface area (Å²) in [6.45, 7) is 2.66. The molecule has 0 amide bonds. The van der Waals surface area contributed by atoms with Crippen LogP contribution in [0.25, 0.3) is 0 Å². The van der Waals surface area contributed by atoms with Gasteiger partial charge in [0.2, 0.25) is 0 Å². The molecule has 0 fully saturated rings. The Bertz CT molecular complexity index is 606. The highest BCUT2D eigenvalue weighted by Gasteiger charge is 2.19. The van der Waals surface area contributed by atoms with Crippen molar-refractivity contribution in [3.8, 4) is 0 Å². The average Bonchev–Trinajstić information content (AvgIpc) is 2.48. The van der Waals surface area contributed by atoms with E-state index < -0.39 is 0 Å². The number of hydrogen-bond acceptors (Lipinski definition) is 1. The van der Waals surface area contributed by atoms with Gasteiger partial charge < -0.3 is 5.32 Å². The van der Waals surface area contributed by atoms with Gasteiger partial charge >= 0.3 is 0 Å². The van der Waals surface area contributed by atoms with E-state index in [-0.39, 0.29) is 5.82 Å². The van der Waals surface area contributed by atoms with E-state index in [1.807, 2.05) is 12.1 Å². The van der Waals surface area contributed by atoms with Crippen molar-refractivity contribution >= 4 is 5.69 Å². The summed E-state index contributed by atoms with van der Waals surface area (Å²) in [7, 11) is 0. The maximum atomic E-state index is 13.5. The van der Waals surface area contributed by atoms with Crippen LogP contribution in [0.4, 0.5) is 10.1 Å². The van der Waals surface area contributed by atoms with Crippen LogP contribution in [0.3, 0.4) is 0 Å². The van der Waals surface area contributed by atoms with Crippen LogP contribution in [0.2, 0.25) is 0 Å². The molecule has 104 valence electrons. The van der Waals surface area contributed by atoms with Crippen LogP contribution < -0.4 is 5.32 Å². The van der Waals surface area contributed by atoms with Gasteiger partial charge in [0.15, 0.2) is 0 Å². The molecule has 0 saturated carbocycles. The van der Waals surface area contributed by atoms with Crippen LogP contribution in [-0.4, -0.2) is 6.54 Å². The molecule has 1 aliphatic carbocycles. The van der Waals surface area contributed by atoms with Crippen molar-refractivity contribution in [2.75, 3.05) is 11.9 Å². The molecule has 2 heteroatoms. The van der Waals surface area contributed by atoms with E-state index in [2.05, 4.69) is 29.6 Å². The van der Waals surface area contributed by atoms with Gasteiger partial charge in [-0.3, -0.25) is 0 Å². The molecule has 3 rings (SSSR count). The Labute approximate surface area is 119 Å². The molecule has 1 aliphatic rings. The topological polar surface area (TPSA) is 12.0 Å². The van der Waals surface area contributed by atoms with Gasteiger partial charge in [-0.05, 0) is 55.0 Å². The van der Waals surface area contributed by atoms with E-state index in [0.717, 1.165) is 12.2 Å². The Morgan fingerprint density at radius 2 is 2.05 bits per heavy atom. The van der Waals surface area contributed by atoms with Crippen molar-refractivity contribution in [2.45, 2.75) is 32.1 Å². The second kappa shape index (κ2) is 5.66. The first kappa shape index (κ1) is 13.2. The molecule has 20 heavy (non-hydrogen) atoms. The minimum atomic E-state index is -0.140. The Morgan fingerprint density at radius 3 is 2.90 bits per heavy atom.